The molecule has 2 amide bonds. The largest absolute Gasteiger partial charge is 0.484 e. The van der Waals surface area contributed by atoms with Gasteiger partial charge in [-0.15, -0.1) is 0 Å². The first-order valence-electron chi connectivity index (χ1n) is 11.5. The highest BCUT2D eigenvalue weighted by Crippen LogP contribution is 2.26. The number of hydrogen-bond acceptors (Lipinski definition) is 3. The van der Waals surface area contributed by atoms with Crippen molar-refractivity contribution < 1.29 is 14.3 Å². The molecule has 0 bridgehead atoms. The van der Waals surface area contributed by atoms with Gasteiger partial charge >= 0.3 is 0 Å². The minimum atomic E-state index is -0.605. The van der Waals surface area contributed by atoms with E-state index in [1.165, 1.54) is 0 Å². The van der Waals surface area contributed by atoms with Crippen LogP contribution >= 0.6 is 23.2 Å². The van der Waals surface area contributed by atoms with Crippen molar-refractivity contribution in [3.63, 3.8) is 0 Å². The highest BCUT2D eigenvalue weighted by Gasteiger charge is 2.31. The first-order valence-corrected chi connectivity index (χ1v) is 12.3. The van der Waals surface area contributed by atoms with Crippen LogP contribution in [0.2, 0.25) is 10.0 Å². The molecule has 0 aliphatic heterocycles. The van der Waals surface area contributed by atoms with Crippen molar-refractivity contribution in [2.75, 3.05) is 6.61 Å². The number of carbonyl (C=O) groups excluding carboxylic acids is 2. The number of nitrogens with one attached hydrogen (secondary N) is 1. The van der Waals surface area contributed by atoms with Gasteiger partial charge in [0.25, 0.3) is 5.91 Å². The third kappa shape index (κ3) is 6.64. The second-order valence-corrected chi connectivity index (χ2v) is 9.47. The Bertz CT molecular complexity index is 966. The smallest absolute Gasteiger partial charge is 0.261 e. The maximum atomic E-state index is 13.4. The van der Waals surface area contributed by atoms with Crippen LogP contribution in [0.1, 0.15) is 55.7 Å². The predicted molar refractivity (Wildman–Crippen MR) is 133 cm³/mol. The molecular formula is C26H32Cl2N2O3. The third-order valence-corrected chi connectivity index (χ3v) is 7.12. The number of benzene rings is 2. The Kier molecular flexibility index (Phi) is 9.04. The van der Waals surface area contributed by atoms with E-state index < -0.39 is 6.04 Å². The van der Waals surface area contributed by atoms with Crippen LogP contribution in [0.5, 0.6) is 5.75 Å². The number of nitrogens with zero attached hydrogens (tertiary/aromatic N) is 1. The van der Waals surface area contributed by atoms with Crippen LogP contribution < -0.4 is 10.1 Å². The summed E-state index contributed by atoms with van der Waals surface area (Å²) in [6.45, 7) is 5.76. The quantitative estimate of drug-likeness (QED) is 0.479. The number of rotatable bonds is 9. The molecular weight excluding hydrogens is 459 g/mol. The van der Waals surface area contributed by atoms with E-state index in [1.807, 2.05) is 51.1 Å². The zero-order valence-corrected chi connectivity index (χ0v) is 21.0. The minimum Gasteiger partial charge on any atom is -0.484 e. The van der Waals surface area contributed by atoms with E-state index in [2.05, 4.69) is 5.32 Å². The van der Waals surface area contributed by atoms with E-state index in [0.29, 0.717) is 22.2 Å². The molecule has 1 saturated carbocycles. The number of aryl methyl sites for hydroxylation is 2. The zero-order valence-electron chi connectivity index (χ0n) is 19.5. The van der Waals surface area contributed by atoms with Crippen molar-refractivity contribution >= 4 is 35.0 Å². The summed E-state index contributed by atoms with van der Waals surface area (Å²) in [4.78, 5) is 28.1. The summed E-state index contributed by atoms with van der Waals surface area (Å²) in [6.07, 6.45) is 4.71. The van der Waals surface area contributed by atoms with Gasteiger partial charge in [0.1, 0.15) is 11.8 Å². The van der Waals surface area contributed by atoms with Crippen LogP contribution in [0.15, 0.2) is 36.4 Å². The maximum Gasteiger partial charge on any atom is 0.261 e. The van der Waals surface area contributed by atoms with Gasteiger partial charge in [-0.1, -0.05) is 61.2 Å². The van der Waals surface area contributed by atoms with E-state index in [9.17, 15) is 9.59 Å². The van der Waals surface area contributed by atoms with Gasteiger partial charge in [0.15, 0.2) is 6.61 Å². The number of amides is 2. The van der Waals surface area contributed by atoms with E-state index >= 15 is 0 Å². The summed E-state index contributed by atoms with van der Waals surface area (Å²) in [5.74, 6) is 0.181. The van der Waals surface area contributed by atoms with Gasteiger partial charge in [-0.3, -0.25) is 9.59 Å². The highest BCUT2D eigenvalue weighted by atomic mass is 35.5. The SMILES string of the molecule is CC[C@H](C(=O)NC1CCCC1)N(Cc1ccccc1Cl)C(=O)COc1cc(C)c(Cl)c(C)c1. The molecule has 1 aliphatic rings. The Morgan fingerprint density at radius 1 is 1.12 bits per heavy atom. The second-order valence-electron chi connectivity index (χ2n) is 8.69. The molecule has 0 aromatic heterocycles. The van der Waals surface area contributed by atoms with Crippen molar-refractivity contribution in [3.8, 4) is 5.75 Å². The molecule has 1 atom stereocenters. The molecule has 0 radical (unpaired) electrons. The summed E-state index contributed by atoms with van der Waals surface area (Å²) >= 11 is 12.6. The van der Waals surface area contributed by atoms with Crippen molar-refractivity contribution in [1.29, 1.82) is 0 Å². The lowest BCUT2D eigenvalue weighted by Crippen LogP contribution is -2.52. The molecule has 1 fully saturated rings. The van der Waals surface area contributed by atoms with Crippen molar-refractivity contribution in [2.24, 2.45) is 0 Å². The monoisotopic (exact) mass is 490 g/mol. The standard InChI is InChI=1S/C26H32Cl2N2O3/c1-4-23(26(32)29-20-10-6-7-11-20)30(15-19-9-5-8-12-22(19)27)24(31)16-33-21-13-17(2)25(28)18(3)14-21/h5,8-9,12-14,20,23H,4,6-7,10-11,15-16H2,1-3H3,(H,29,32)/t23-/m1/s1. The molecule has 1 aliphatic carbocycles. The summed E-state index contributed by atoms with van der Waals surface area (Å²) < 4.78 is 5.83. The van der Waals surface area contributed by atoms with Gasteiger partial charge in [-0.05, 0) is 68.0 Å². The maximum absolute atomic E-state index is 13.4. The molecule has 178 valence electrons. The van der Waals surface area contributed by atoms with Gasteiger partial charge in [-0.25, -0.2) is 0 Å². The van der Waals surface area contributed by atoms with Gasteiger partial charge in [0, 0.05) is 22.6 Å². The number of carbonyl (C=O) groups is 2. The summed E-state index contributed by atoms with van der Waals surface area (Å²) in [5, 5.41) is 4.38. The Morgan fingerprint density at radius 2 is 1.76 bits per heavy atom. The Morgan fingerprint density at radius 3 is 2.36 bits per heavy atom. The zero-order chi connectivity index (χ0) is 24.0. The molecule has 0 spiro atoms. The fourth-order valence-electron chi connectivity index (χ4n) is 4.31. The predicted octanol–water partition coefficient (Wildman–Crippen LogP) is 5.86. The Balaban J connectivity index is 1.79. The average molecular weight is 491 g/mol. The van der Waals surface area contributed by atoms with Crippen LogP contribution in [0.3, 0.4) is 0 Å². The molecule has 2 aromatic rings. The van der Waals surface area contributed by atoms with Crippen LogP contribution in [0.25, 0.3) is 0 Å². The summed E-state index contributed by atoms with van der Waals surface area (Å²) in [7, 11) is 0. The van der Waals surface area contributed by atoms with Gasteiger partial charge in [0.2, 0.25) is 5.91 Å². The third-order valence-electron chi connectivity index (χ3n) is 6.16. The molecule has 33 heavy (non-hydrogen) atoms. The van der Waals surface area contributed by atoms with E-state index in [-0.39, 0.29) is 31.0 Å². The van der Waals surface area contributed by atoms with Gasteiger partial charge in [0.05, 0.1) is 0 Å². The van der Waals surface area contributed by atoms with Gasteiger partial charge < -0.3 is 15.0 Å². The lowest BCUT2D eigenvalue weighted by Gasteiger charge is -2.31. The first-order chi connectivity index (χ1) is 15.8. The van der Waals surface area contributed by atoms with E-state index in [1.54, 1.807) is 11.0 Å². The molecule has 5 nitrogen and oxygen atoms in total. The molecule has 0 unspecified atom stereocenters. The lowest BCUT2D eigenvalue weighted by molar-refractivity contribution is -0.143. The van der Waals surface area contributed by atoms with Crippen molar-refractivity contribution in [2.45, 2.75) is 71.5 Å². The first kappa shape index (κ1) is 25.4. The highest BCUT2D eigenvalue weighted by molar-refractivity contribution is 6.32. The Labute approximate surface area is 206 Å². The van der Waals surface area contributed by atoms with Crippen LogP contribution in [0, 0.1) is 13.8 Å². The fourth-order valence-corrected chi connectivity index (χ4v) is 4.62. The van der Waals surface area contributed by atoms with E-state index in [4.69, 9.17) is 27.9 Å². The van der Waals surface area contributed by atoms with E-state index in [0.717, 1.165) is 42.4 Å². The molecule has 0 heterocycles. The van der Waals surface area contributed by atoms with Crippen molar-refractivity contribution in [3.05, 3.63) is 63.1 Å². The molecule has 1 N–H and O–H groups in total. The van der Waals surface area contributed by atoms with Crippen LogP contribution in [-0.2, 0) is 16.1 Å². The topological polar surface area (TPSA) is 58.6 Å². The average Bonchev–Trinajstić information content (AvgIpc) is 3.29. The molecule has 3 rings (SSSR count). The second kappa shape index (κ2) is 11.8. The van der Waals surface area contributed by atoms with Crippen LogP contribution in [0.4, 0.5) is 0 Å². The van der Waals surface area contributed by atoms with Crippen molar-refractivity contribution in [1.82, 2.24) is 10.2 Å². The van der Waals surface area contributed by atoms with Crippen LogP contribution in [-0.4, -0.2) is 35.4 Å². The number of halogens is 2. The molecule has 2 aromatic carbocycles. The van der Waals surface area contributed by atoms with Gasteiger partial charge in [-0.2, -0.15) is 0 Å². The number of ether oxygens (including phenoxy) is 1. The number of hydrogen-bond donors (Lipinski definition) is 1. The molecule has 7 heteroatoms. The fraction of sp³-hybridized carbons (Fsp3) is 0.462. The normalized spacial score (nSPS) is 14.7. The Hall–Kier alpha value is -2.24. The summed E-state index contributed by atoms with van der Waals surface area (Å²) in [5.41, 5.74) is 2.56. The summed E-state index contributed by atoms with van der Waals surface area (Å²) in [6, 6.07) is 10.6. The lowest BCUT2D eigenvalue weighted by atomic mass is 10.1. The minimum absolute atomic E-state index is 0.122. The molecule has 0 saturated heterocycles.